The first-order chi connectivity index (χ1) is 7.57. The molecule has 0 unspecified atom stereocenters. The number of halogens is 2. The van der Waals surface area contributed by atoms with Crippen molar-refractivity contribution in [3.63, 3.8) is 0 Å². The van der Waals surface area contributed by atoms with Crippen LogP contribution >= 0.6 is 0 Å². The molecule has 4 bridgehead atoms. The third-order valence-electron chi connectivity index (χ3n) is 6.65. The van der Waals surface area contributed by atoms with Gasteiger partial charge in [0.25, 0.3) is 5.92 Å². The van der Waals surface area contributed by atoms with Crippen molar-refractivity contribution in [1.29, 1.82) is 0 Å². The van der Waals surface area contributed by atoms with E-state index in [0.29, 0.717) is 5.92 Å². The van der Waals surface area contributed by atoms with E-state index in [4.69, 9.17) is 4.74 Å². The van der Waals surface area contributed by atoms with Crippen LogP contribution in [0.2, 0.25) is 0 Å². The van der Waals surface area contributed by atoms with Crippen LogP contribution in [-0.2, 0) is 9.53 Å². The normalized spacial score (nSPS) is 69.1. The van der Waals surface area contributed by atoms with Gasteiger partial charge in [-0.25, -0.2) is 8.78 Å². The van der Waals surface area contributed by atoms with Gasteiger partial charge < -0.3 is 4.74 Å². The number of esters is 1. The zero-order valence-corrected chi connectivity index (χ0v) is 8.82. The number of ether oxygens (including phenoxy) is 1. The monoisotopic (exact) mass is 226 g/mol. The molecule has 6 rings (SSSR count). The summed E-state index contributed by atoms with van der Waals surface area (Å²) in [5, 5.41) is 0. The van der Waals surface area contributed by atoms with E-state index >= 15 is 0 Å². The van der Waals surface area contributed by atoms with Crippen LogP contribution in [0, 0.1) is 46.8 Å². The molecule has 0 aliphatic heterocycles. The zero-order chi connectivity index (χ0) is 11.0. The van der Waals surface area contributed by atoms with Crippen LogP contribution in [0.3, 0.4) is 0 Å². The smallest absolute Gasteiger partial charge is 0.312 e. The summed E-state index contributed by atoms with van der Waals surface area (Å²) in [6.07, 6.45) is 0.859. The lowest BCUT2D eigenvalue weighted by atomic mass is 9.34. The molecule has 0 aromatic carbocycles. The minimum atomic E-state index is -2.59. The summed E-state index contributed by atoms with van der Waals surface area (Å²) >= 11 is 0. The molecule has 0 aromatic rings. The number of carbonyl (C=O) groups excluding carboxylic acids is 1. The van der Waals surface area contributed by atoms with Gasteiger partial charge >= 0.3 is 5.97 Å². The summed E-state index contributed by atoms with van der Waals surface area (Å²) in [7, 11) is 1.34. The van der Waals surface area contributed by atoms with E-state index in [2.05, 4.69) is 0 Å². The first kappa shape index (κ1) is 8.43. The fourth-order valence-corrected chi connectivity index (χ4v) is 6.80. The summed E-state index contributed by atoms with van der Waals surface area (Å²) < 4.78 is 33.2. The first-order valence-electron chi connectivity index (χ1n) is 6.04. The Kier molecular flexibility index (Phi) is 0.962. The van der Waals surface area contributed by atoms with Gasteiger partial charge in [0.2, 0.25) is 0 Å². The van der Waals surface area contributed by atoms with E-state index in [1.807, 2.05) is 0 Å². The van der Waals surface area contributed by atoms with E-state index in [1.54, 1.807) is 0 Å². The van der Waals surface area contributed by atoms with E-state index in [9.17, 15) is 13.6 Å². The maximum atomic E-state index is 14.2. The van der Waals surface area contributed by atoms with Crippen LogP contribution in [0.15, 0.2) is 0 Å². The summed E-state index contributed by atoms with van der Waals surface area (Å²) in [5.41, 5.74) is -0.757. The topological polar surface area (TPSA) is 26.3 Å². The van der Waals surface area contributed by atoms with Gasteiger partial charge in [0.15, 0.2) is 0 Å². The van der Waals surface area contributed by atoms with Crippen molar-refractivity contribution in [2.75, 3.05) is 7.11 Å². The van der Waals surface area contributed by atoms with Crippen molar-refractivity contribution in [2.45, 2.75) is 12.3 Å². The molecule has 16 heavy (non-hydrogen) atoms. The Morgan fingerprint density at radius 2 is 2.06 bits per heavy atom. The molecular formula is C12H12F2O2. The van der Waals surface area contributed by atoms with Gasteiger partial charge in [0, 0.05) is 11.8 Å². The second-order valence-corrected chi connectivity index (χ2v) is 6.29. The number of rotatable bonds is 1. The number of carbonyl (C=O) groups is 1. The van der Waals surface area contributed by atoms with Crippen LogP contribution in [-0.4, -0.2) is 19.0 Å². The first-order valence-corrected chi connectivity index (χ1v) is 6.04. The fraction of sp³-hybridized carbons (Fsp3) is 0.917. The van der Waals surface area contributed by atoms with Gasteiger partial charge in [-0.05, 0) is 36.0 Å². The van der Waals surface area contributed by atoms with E-state index < -0.39 is 23.2 Å². The Hall–Kier alpha value is -0.670. The lowest BCUT2D eigenvalue weighted by Gasteiger charge is -2.67. The van der Waals surface area contributed by atoms with Gasteiger partial charge in [-0.15, -0.1) is 0 Å². The molecule has 6 fully saturated rings. The van der Waals surface area contributed by atoms with E-state index in [1.165, 1.54) is 7.11 Å². The maximum Gasteiger partial charge on any atom is 0.312 e. The molecule has 8 atom stereocenters. The van der Waals surface area contributed by atoms with Crippen LogP contribution in [0.25, 0.3) is 0 Å². The molecule has 6 aliphatic carbocycles. The second kappa shape index (κ2) is 1.83. The Labute approximate surface area is 91.3 Å². The molecule has 0 heterocycles. The minimum absolute atomic E-state index is 0.0336. The highest BCUT2D eigenvalue weighted by molar-refractivity contribution is 5.83. The lowest BCUT2D eigenvalue weighted by molar-refractivity contribution is -0.248. The Bertz CT molecular complexity index is 448. The summed E-state index contributed by atoms with van der Waals surface area (Å²) in [5.74, 6) is -3.07. The SMILES string of the molecule is COC(=O)[C@@]12[C@H]3[C@@H]4[C@H]5[C@H](C[C@@H]41)[C@H]2C(F)(F)[C@@H]53. The Morgan fingerprint density at radius 3 is 2.75 bits per heavy atom. The van der Waals surface area contributed by atoms with Crippen molar-refractivity contribution >= 4 is 5.97 Å². The number of methoxy groups -OCH3 is 1. The molecule has 2 nitrogen and oxygen atoms in total. The van der Waals surface area contributed by atoms with E-state index in [-0.39, 0.29) is 29.6 Å². The predicted molar refractivity (Wildman–Crippen MR) is 48.4 cm³/mol. The van der Waals surface area contributed by atoms with Gasteiger partial charge in [-0.1, -0.05) is 0 Å². The largest absolute Gasteiger partial charge is 0.469 e. The standard InChI is InChI=1S/C12H12F2O2/c1-16-10(15)11-4-2-3-5-6(4)7(11)8(5)12(13,14)9(3)11/h3-9H,2H2,1H3/t3-,4-,5+,6-,7-,8-,9+,11+/m0/s1. The molecule has 6 saturated carbocycles. The average molecular weight is 226 g/mol. The molecule has 0 spiro atoms. The Balaban J connectivity index is 1.77. The maximum absolute atomic E-state index is 14.2. The molecule has 86 valence electrons. The van der Waals surface area contributed by atoms with Gasteiger partial charge in [-0.2, -0.15) is 0 Å². The highest BCUT2D eigenvalue weighted by Gasteiger charge is 3.00. The molecule has 0 radical (unpaired) electrons. The molecule has 6 aliphatic rings. The number of hydrogen-bond donors (Lipinski definition) is 0. The number of alkyl halides is 2. The van der Waals surface area contributed by atoms with Crippen LogP contribution in [0.1, 0.15) is 6.42 Å². The van der Waals surface area contributed by atoms with Crippen molar-refractivity contribution in [2.24, 2.45) is 46.8 Å². The highest BCUT2D eigenvalue weighted by atomic mass is 19.3. The molecule has 0 saturated heterocycles. The third-order valence-corrected chi connectivity index (χ3v) is 6.65. The van der Waals surface area contributed by atoms with Crippen molar-refractivity contribution in [3.8, 4) is 0 Å². The Morgan fingerprint density at radius 1 is 1.31 bits per heavy atom. The molecule has 0 aromatic heterocycles. The minimum Gasteiger partial charge on any atom is -0.469 e. The quantitative estimate of drug-likeness (QED) is 0.634. The third kappa shape index (κ3) is 0.422. The molecule has 0 amide bonds. The molecule has 0 N–H and O–H groups in total. The number of hydrogen-bond acceptors (Lipinski definition) is 2. The highest BCUT2D eigenvalue weighted by Crippen LogP contribution is 2.96. The molecule has 4 heteroatoms. The van der Waals surface area contributed by atoms with Gasteiger partial charge in [-0.3, -0.25) is 4.79 Å². The average Bonchev–Trinajstić information content (AvgIpc) is 2.66. The molecular weight excluding hydrogens is 214 g/mol. The van der Waals surface area contributed by atoms with Crippen molar-refractivity contribution in [1.82, 2.24) is 0 Å². The summed E-state index contributed by atoms with van der Waals surface area (Å²) in [4.78, 5) is 12.0. The predicted octanol–water partition coefficient (Wildman–Crippen LogP) is 1.55. The van der Waals surface area contributed by atoms with Gasteiger partial charge in [0.05, 0.1) is 12.5 Å². The lowest BCUT2D eigenvalue weighted by Crippen LogP contribution is -2.70. The van der Waals surface area contributed by atoms with E-state index in [0.717, 1.165) is 6.42 Å². The summed E-state index contributed by atoms with van der Waals surface area (Å²) in [6, 6.07) is 0. The zero-order valence-electron chi connectivity index (χ0n) is 8.82. The van der Waals surface area contributed by atoms with Gasteiger partial charge in [0.1, 0.15) is 0 Å². The second-order valence-electron chi connectivity index (χ2n) is 6.29. The fourth-order valence-electron chi connectivity index (χ4n) is 6.80. The summed E-state index contributed by atoms with van der Waals surface area (Å²) in [6.45, 7) is 0. The van der Waals surface area contributed by atoms with Crippen molar-refractivity contribution in [3.05, 3.63) is 0 Å². The van der Waals surface area contributed by atoms with Crippen LogP contribution in [0.4, 0.5) is 8.78 Å². The van der Waals surface area contributed by atoms with Crippen molar-refractivity contribution < 1.29 is 18.3 Å². The van der Waals surface area contributed by atoms with Crippen LogP contribution < -0.4 is 0 Å². The van der Waals surface area contributed by atoms with Crippen LogP contribution in [0.5, 0.6) is 0 Å².